The molecule has 1 rings (SSSR count). The van der Waals surface area contributed by atoms with Crippen LogP contribution in [-0.4, -0.2) is 27.8 Å². The van der Waals surface area contributed by atoms with E-state index < -0.39 is 11.7 Å². The molecule has 0 radical (unpaired) electrons. The van der Waals surface area contributed by atoms with E-state index in [4.69, 9.17) is 10.5 Å². The quantitative estimate of drug-likeness (QED) is 0.832. The summed E-state index contributed by atoms with van der Waals surface area (Å²) >= 11 is 0. The third kappa shape index (κ3) is 3.34. The molecule has 0 aromatic carbocycles. The van der Waals surface area contributed by atoms with Gasteiger partial charge >= 0.3 is 6.09 Å². The smallest absolute Gasteiger partial charge is 0.419 e. The van der Waals surface area contributed by atoms with Gasteiger partial charge in [-0.05, 0) is 20.8 Å². The maximum atomic E-state index is 11.7. The van der Waals surface area contributed by atoms with E-state index >= 15 is 0 Å². The summed E-state index contributed by atoms with van der Waals surface area (Å²) in [5.74, 6) is 0.142. The van der Waals surface area contributed by atoms with Crippen molar-refractivity contribution in [2.45, 2.75) is 39.2 Å². The van der Waals surface area contributed by atoms with Crippen molar-refractivity contribution < 1.29 is 9.53 Å². The Morgan fingerprint density at radius 2 is 2.25 bits per heavy atom. The first kappa shape index (κ1) is 12.7. The zero-order chi connectivity index (χ0) is 12.3. The van der Waals surface area contributed by atoms with E-state index in [1.165, 1.54) is 10.9 Å². The van der Waals surface area contributed by atoms with Crippen LogP contribution in [0.4, 0.5) is 4.79 Å². The number of imidazole rings is 1. The molecule has 0 aliphatic rings. The number of nitrogens with two attached hydrogens (primary N) is 1. The molecule has 0 saturated carbocycles. The van der Waals surface area contributed by atoms with Gasteiger partial charge in [-0.25, -0.2) is 14.3 Å². The number of carbonyl (C=O) groups is 1. The highest BCUT2D eigenvalue weighted by Crippen LogP contribution is 2.13. The van der Waals surface area contributed by atoms with Gasteiger partial charge in [0.15, 0.2) is 0 Å². The molecule has 0 saturated heterocycles. The number of hydrogen-bond acceptors (Lipinski definition) is 4. The second-order valence-corrected chi connectivity index (χ2v) is 4.82. The van der Waals surface area contributed by atoms with E-state index in [2.05, 4.69) is 4.98 Å². The van der Waals surface area contributed by atoms with Gasteiger partial charge in [0.2, 0.25) is 0 Å². The predicted molar refractivity (Wildman–Crippen MR) is 61.3 cm³/mol. The number of nitrogens with zero attached hydrogens (tertiary/aromatic N) is 2. The number of carbonyl (C=O) groups excluding carboxylic acids is 1. The molecule has 5 heteroatoms. The number of rotatable bonds is 2. The van der Waals surface area contributed by atoms with Crippen LogP contribution in [0.1, 0.15) is 39.3 Å². The lowest BCUT2D eigenvalue weighted by atomic mass is 10.1. The average Bonchev–Trinajstić information content (AvgIpc) is 2.62. The topological polar surface area (TPSA) is 70.1 Å². The Bertz CT molecular complexity index is 366. The molecule has 0 aliphatic carbocycles. The molecule has 90 valence electrons. The first-order valence-electron chi connectivity index (χ1n) is 5.31. The Balaban J connectivity index is 2.75. The largest absolute Gasteiger partial charge is 0.443 e. The lowest BCUT2D eigenvalue weighted by Gasteiger charge is -2.19. The maximum absolute atomic E-state index is 11.7. The van der Waals surface area contributed by atoms with Crippen molar-refractivity contribution in [3.8, 4) is 0 Å². The van der Waals surface area contributed by atoms with Crippen LogP contribution < -0.4 is 5.73 Å². The normalized spacial score (nSPS) is 13.6. The van der Waals surface area contributed by atoms with Crippen molar-refractivity contribution in [3.63, 3.8) is 0 Å². The highest BCUT2D eigenvalue weighted by Gasteiger charge is 2.18. The van der Waals surface area contributed by atoms with Crippen molar-refractivity contribution in [1.82, 2.24) is 9.55 Å². The number of hydrogen-bond donors (Lipinski definition) is 1. The fraction of sp³-hybridized carbons (Fsp3) is 0.636. The molecular weight excluding hydrogens is 206 g/mol. The van der Waals surface area contributed by atoms with Gasteiger partial charge in [-0.15, -0.1) is 0 Å². The number of ether oxygens (including phenoxy) is 1. The molecule has 0 fully saturated rings. The Morgan fingerprint density at radius 1 is 1.62 bits per heavy atom. The summed E-state index contributed by atoms with van der Waals surface area (Å²) in [5.41, 5.74) is 5.83. The van der Waals surface area contributed by atoms with Gasteiger partial charge in [-0.3, -0.25) is 0 Å². The van der Waals surface area contributed by atoms with Crippen molar-refractivity contribution in [2.75, 3.05) is 6.54 Å². The lowest BCUT2D eigenvalue weighted by molar-refractivity contribution is 0.0536. The van der Waals surface area contributed by atoms with E-state index in [-0.39, 0.29) is 5.92 Å². The average molecular weight is 225 g/mol. The van der Waals surface area contributed by atoms with Crippen molar-refractivity contribution in [2.24, 2.45) is 5.73 Å². The zero-order valence-corrected chi connectivity index (χ0v) is 10.2. The first-order chi connectivity index (χ1) is 7.33. The molecule has 0 spiro atoms. The van der Waals surface area contributed by atoms with Gasteiger partial charge in [0.25, 0.3) is 0 Å². The van der Waals surface area contributed by atoms with Crippen molar-refractivity contribution in [1.29, 1.82) is 0 Å². The van der Waals surface area contributed by atoms with Crippen molar-refractivity contribution in [3.05, 3.63) is 18.2 Å². The number of aromatic nitrogens is 2. The highest BCUT2D eigenvalue weighted by molar-refractivity contribution is 5.70. The van der Waals surface area contributed by atoms with Crippen LogP contribution in [-0.2, 0) is 4.74 Å². The standard InChI is InChI=1S/C11H19N3O2/c1-8(5-12)9-6-14(7-13-9)10(15)16-11(2,3)4/h6-8H,5,12H2,1-4H3. The molecule has 1 heterocycles. The van der Waals surface area contributed by atoms with Crippen LogP contribution in [0, 0.1) is 0 Å². The summed E-state index contributed by atoms with van der Waals surface area (Å²) in [6, 6.07) is 0. The molecule has 16 heavy (non-hydrogen) atoms. The SMILES string of the molecule is CC(CN)c1cn(C(=O)OC(C)(C)C)cn1. The van der Waals surface area contributed by atoms with Crippen LogP contribution in [0.25, 0.3) is 0 Å². The second kappa shape index (κ2) is 4.65. The molecule has 1 atom stereocenters. The van der Waals surface area contributed by atoms with Gasteiger partial charge in [0.1, 0.15) is 11.9 Å². The molecular formula is C11H19N3O2. The van der Waals surface area contributed by atoms with Crippen LogP contribution in [0.2, 0.25) is 0 Å². The second-order valence-electron chi connectivity index (χ2n) is 4.82. The molecule has 0 aliphatic heterocycles. The molecule has 0 bridgehead atoms. The summed E-state index contributed by atoms with van der Waals surface area (Å²) in [6.45, 7) is 7.94. The van der Waals surface area contributed by atoms with Gasteiger partial charge < -0.3 is 10.5 Å². The van der Waals surface area contributed by atoms with E-state index in [0.717, 1.165) is 5.69 Å². The van der Waals surface area contributed by atoms with E-state index in [0.29, 0.717) is 6.54 Å². The minimum Gasteiger partial charge on any atom is -0.443 e. The van der Waals surface area contributed by atoms with Gasteiger partial charge in [-0.2, -0.15) is 0 Å². The van der Waals surface area contributed by atoms with Crippen LogP contribution in [0.15, 0.2) is 12.5 Å². The zero-order valence-electron chi connectivity index (χ0n) is 10.2. The summed E-state index contributed by atoms with van der Waals surface area (Å²) in [6.07, 6.45) is 2.69. The van der Waals surface area contributed by atoms with Crippen LogP contribution >= 0.6 is 0 Å². The van der Waals surface area contributed by atoms with E-state index in [9.17, 15) is 4.79 Å². The monoisotopic (exact) mass is 225 g/mol. The molecule has 1 aromatic rings. The van der Waals surface area contributed by atoms with Gasteiger partial charge in [0, 0.05) is 18.7 Å². The minimum atomic E-state index is -0.499. The third-order valence-corrected chi connectivity index (χ3v) is 2.07. The van der Waals surface area contributed by atoms with Gasteiger partial charge in [0.05, 0.1) is 5.69 Å². The Morgan fingerprint density at radius 3 is 2.75 bits per heavy atom. The summed E-state index contributed by atoms with van der Waals surface area (Å²) in [4.78, 5) is 15.8. The molecule has 2 N–H and O–H groups in total. The molecule has 1 aromatic heterocycles. The van der Waals surface area contributed by atoms with Crippen LogP contribution in [0.3, 0.4) is 0 Å². The summed E-state index contributed by atoms with van der Waals surface area (Å²) < 4.78 is 6.54. The Labute approximate surface area is 95.6 Å². The molecule has 1 unspecified atom stereocenters. The summed E-state index contributed by atoms with van der Waals surface area (Å²) in [5, 5.41) is 0. The van der Waals surface area contributed by atoms with Crippen molar-refractivity contribution >= 4 is 6.09 Å². The van der Waals surface area contributed by atoms with E-state index in [1.807, 2.05) is 27.7 Å². The van der Waals surface area contributed by atoms with E-state index in [1.54, 1.807) is 6.20 Å². The maximum Gasteiger partial charge on any atom is 0.419 e. The van der Waals surface area contributed by atoms with Crippen LogP contribution in [0.5, 0.6) is 0 Å². The fourth-order valence-electron chi connectivity index (χ4n) is 1.13. The highest BCUT2D eigenvalue weighted by atomic mass is 16.6. The molecule has 0 amide bonds. The summed E-state index contributed by atoms with van der Waals surface area (Å²) in [7, 11) is 0. The lowest BCUT2D eigenvalue weighted by Crippen LogP contribution is -2.26. The third-order valence-electron chi connectivity index (χ3n) is 2.07. The first-order valence-corrected chi connectivity index (χ1v) is 5.31. The fourth-order valence-corrected chi connectivity index (χ4v) is 1.13. The predicted octanol–water partition coefficient (Wildman–Crippen LogP) is 1.73. The van der Waals surface area contributed by atoms with Gasteiger partial charge in [-0.1, -0.05) is 6.92 Å². The Hall–Kier alpha value is -1.36. The minimum absolute atomic E-state index is 0.142. The Kier molecular flexibility index (Phi) is 3.70. The molecule has 5 nitrogen and oxygen atoms in total.